The molecule has 32 heavy (non-hydrogen) atoms. The number of rotatable bonds is 5. The molecule has 0 bridgehead atoms. The van der Waals surface area contributed by atoms with Crippen LogP contribution in [0.5, 0.6) is 0 Å². The molecule has 0 aromatic heterocycles. The van der Waals surface area contributed by atoms with Crippen molar-refractivity contribution in [3.05, 3.63) is 53.1 Å². The lowest BCUT2D eigenvalue weighted by molar-refractivity contribution is 0.263. The van der Waals surface area contributed by atoms with E-state index in [9.17, 15) is 0 Å². The van der Waals surface area contributed by atoms with E-state index < -0.39 is 18.3 Å². The van der Waals surface area contributed by atoms with Gasteiger partial charge in [-0.3, -0.25) is 0 Å². The first-order valence-corrected chi connectivity index (χ1v) is 14.0. The Balaban J connectivity index is 2.40. The molecular formula is C29H45O2P. The zero-order valence-electron chi connectivity index (χ0n) is 22.5. The third kappa shape index (κ3) is 3.35. The van der Waals surface area contributed by atoms with Gasteiger partial charge in [-0.2, -0.15) is 0 Å². The zero-order valence-corrected chi connectivity index (χ0v) is 23.4. The SMILES string of the molecule is CC(C)C1=CC2(C(C)C)OC2(c2ccccc2P(=O)(C(C)(C)C)C(C)(C)C)C(C(C)C)=C1. The third-order valence-corrected chi connectivity index (χ3v) is 12.4. The highest BCUT2D eigenvalue weighted by molar-refractivity contribution is 7.74. The summed E-state index contributed by atoms with van der Waals surface area (Å²) in [5.74, 6) is 1.07. The molecule has 1 aromatic carbocycles. The van der Waals surface area contributed by atoms with Crippen LogP contribution in [0.15, 0.2) is 47.6 Å². The van der Waals surface area contributed by atoms with Gasteiger partial charge >= 0.3 is 0 Å². The van der Waals surface area contributed by atoms with Gasteiger partial charge in [-0.1, -0.05) is 113 Å². The second kappa shape index (κ2) is 7.71. The monoisotopic (exact) mass is 456 g/mol. The molecule has 2 unspecified atom stereocenters. The summed E-state index contributed by atoms with van der Waals surface area (Å²) in [5.41, 5.74) is 2.84. The smallest absolute Gasteiger partial charge is 0.150 e. The van der Waals surface area contributed by atoms with Crippen LogP contribution < -0.4 is 5.30 Å². The number of fused-ring (bicyclic) bond motifs is 1. The van der Waals surface area contributed by atoms with Crippen molar-refractivity contribution in [2.24, 2.45) is 17.8 Å². The fourth-order valence-electron chi connectivity index (χ4n) is 6.01. The molecule has 2 aliphatic rings. The molecule has 1 aromatic rings. The standard InChI is InChI=1S/C29H45O2P/c1-19(2)22-17-24(20(3)4)29(28(18-22,31-29)21(5)6)23-15-13-14-16-25(23)32(30,26(7,8)9)27(10,11)12/h13-21H,1-12H3. The number of hydrogen-bond donors (Lipinski definition) is 0. The van der Waals surface area contributed by atoms with E-state index in [4.69, 9.17) is 4.74 Å². The van der Waals surface area contributed by atoms with Crippen LogP contribution in [0.25, 0.3) is 0 Å². The van der Waals surface area contributed by atoms with E-state index in [2.05, 4.69) is 120 Å². The summed E-state index contributed by atoms with van der Waals surface area (Å²) < 4.78 is 22.1. The van der Waals surface area contributed by atoms with Crippen LogP contribution in [0, 0.1) is 17.8 Å². The normalized spacial score (nSPS) is 26.3. The average Bonchev–Trinajstić information content (AvgIpc) is 3.36. The van der Waals surface area contributed by atoms with Crippen molar-refractivity contribution < 1.29 is 9.30 Å². The highest BCUT2D eigenvalue weighted by Gasteiger charge is 2.75. The summed E-state index contributed by atoms with van der Waals surface area (Å²) in [6.45, 7) is 26.4. The summed E-state index contributed by atoms with van der Waals surface area (Å²) in [6.07, 6.45) is 4.75. The van der Waals surface area contributed by atoms with Crippen molar-refractivity contribution in [3.8, 4) is 0 Å². The molecule has 0 N–H and O–H groups in total. The van der Waals surface area contributed by atoms with Gasteiger partial charge in [0, 0.05) is 21.2 Å². The van der Waals surface area contributed by atoms with E-state index in [-0.39, 0.29) is 10.3 Å². The molecule has 1 aliphatic carbocycles. The second-order valence-corrected chi connectivity index (χ2v) is 17.1. The Morgan fingerprint density at radius 2 is 1.38 bits per heavy atom. The van der Waals surface area contributed by atoms with Crippen molar-refractivity contribution in [3.63, 3.8) is 0 Å². The quantitative estimate of drug-likeness (QED) is 0.331. The van der Waals surface area contributed by atoms with Crippen molar-refractivity contribution in [2.75, 3.05) is 0 Å². The number of ether oxygens (including phenoxy) is 1. The van der Waals surface area contributed by atoms with Gasteiger partial charge in [0.05, 0.1) is 0 Å². The Kier molecular flexibility index (Phi) is 6.15. The molecule has 2 nitrogen and oxygen atoms in total. The third-order valence-electron chi connectivity index (χ3n) is 7.60. The molecule has 0 saturated carbocycles. The summed E-state index contributed by atoms with van der Waals surface area (Å²) in [7, 11) is -2.84. The lowest BCUT2D eigenvalue weighted by Gasteiger charge is -2.43. The van der Waals surface area contributed by atoms with Crippen LogP contribution in [-0.4, -0.2) is 15.9 Å². The Bertz CT molecular complexity index is 979. The number of epoxide rings is 1. The molecule has 0 spiro atoms. The summed E-state index contributed by atoms with van der Waals surface area (Å²) in [6, 6.07) is 8.45. The van der Waals surface area contributed by atoms with Crippen LogP contribution in [0.2, 0.25) is 0 Å². The first-order valence-electron chi connectivity index (χ1n) is 12.3. The van der Waals surface area contributed by atoms with Crippen LogP contribution in [0.4, 0.5) is 0 Å². The minimum Gasteiger partial charge on any atom is -0.348 e. The van der Waals surface area contributed by atoms with Gasteiger partial charge in [-0.15, -0.1) is 0 Å². The molecule has 1 saturated heterocycles. The van der Waals surface area contributed by atoms with E-state index in [0.29, 0.717) is 17.8 Å². The molecule has 178 valence electrons. The number of allylic oxidation sites excluding steroid dienone is 2. The minimum atomic E-state index is -2.84. The fourth-order valence-corrected chi connectivity index (χ4v) is 10.3. The van der Waals surface area contributed by atoms with Gasteiger partial charge in [0.25, 0.3) is 0 Å². The molecule has 2 atom stereocenters. The van der Waals surface area contributed by atoms with E-state index >= 15 is 4.57 Å². The first kappa shape index (κ1) is 25.5. The maximum atomic E-state index is 15.1. The number of benzene rings is 1. The van der Waals surface area contributed by atoms with Gasteiger partial charge in [0.2, 0.25) is 0 Å². The molecule has 0 amide bonds. The van der Waals surface area contributed by atoms with E-state index in [1.54, 1.807) is 0 Å². The van der Waals surface area contributed by atoms with Crippen LogP contribution >= 0.6 is 7.14 Å². The van der Waals surface area contributed by atoms with Gasteiger partial charge in [0.15, 0.2) is 0 Å². The van der Waals surface area contributed by atoms with Gasteiger partial charge in [0.1, 0.15) is 18.3 Å². The van der Waals surface area contributed by atoms with Crippen LogP contribution in [0.1, 0.15) is 88.6 Å². The van der Waals surface area contributed by atoms with Crippen molar-refractivity contribution >= 4 is 12.4 Å². The van der Waals surface area contributed by atoms with Gasteiger partial charge in [-0.05, 0) is 35.0 Å². The summed E-state index contributed by atoms with van der Waals surface area (Å²) in [5, 5.41) is 0.279. The van der Waals surface area contributed by atoms with E-state index in [1.807, 2.05) is 0 Å². The molecule has 0 radical (unpaired) electrons. The largest absolute Gasteiger partial charge is 0.348 e. The van der Waals surface area contributed by atoms with Crippen molar-refractivity contribution in [1.82, 2.24) is 0 Å². The Labute approximate surface area is 197 Å². The second-order valence-electron chi connectivity index (χ2n) is 12.8. The predicted octanol–water partition coefficient (Wildman–Crippen LogP) is 8.07. The Morgan fingerprint density at radius 3 is 1.81 bits per heavy atom. The van der Waals surface area contributed by atoms with Gasteiger partial charge in [-0.25, -0.2) is 0 Å². The minimum absolute atomic E-state index is 0.301. The molecule has 3 heteroatoms. The fraction of sp³-hybridized carbons (Fsp3) is 0.655. The Hall–Kier alpha value is -1.11. The molecule has 1 aliphatic heterocycles. The maximum absolute atomic E-state index is 15.1. The van der Waals surface area contributed by atoms with Crippen LogP contribution in [-0.2, 0) is 14.9 Å². The Morgan fingerprint density at radius 1 is 0.844 bits per heavy atom. The van der Waals surface area contributed by atoms with Crippen LogP contribution in [0.3, 0.4) is 0 Å². The molecule has 1 fully saturated rings. The zero-order chi connectivity index (χ0) is 24.5. The highest BCUT2D eigenvalue weighted by atomic mass is 31.2. The predicted molar refractivity (Wildman–Crippen MR) is 139 cm³/mol. The molecule has 1 heterocycles. The maximum Gasteiger partial charge on any atom is 0.150 e. The first-order chi connectivity index (χ1) is 14.5. The lowest BCUT2D eigenvalue weighted by atomic mass is 9.67. The van der Waals surface area contributed by atoms with Crippen molar-refractivity contribution in [2.45, 2.75) is 105 Å². The lowest BCUT2D eigenvalue weighted by Crippen LogP contribution is -2.41. The molecular weight excluding hydrogens is 411 g/mol. The number of hydrogen-bond acceptors (Lipinski definition) is 2. The van der Waals surface area contributed by atoms with E-state index in [1.165, 1.54) is 11.1 Å². The van der Waals surface area contributed by atoms with Crippen molar-refractivity contribution in [1.29, 1.82) is 0 Å². The molecule has 3 rings (SSSR count). The highest BCUT2D eigenvalue weighted by Crippen LogP contribution is 2.72. The van der Waals surface area contributed by atoms with Gasteiger partial charge < -0.3 is 9.30 Å². The van der Waals surface area contributed by atoms with E-state index in [0.717, 1.165) is 10.9 Å². The topological polar surface area (TPSA) is 29.6 Å². The summed E-state index contributed by atoms with van der Waals surface area (Å²) >= 11 is 0. The summed E-state index contributed by atoms with van der Waals surface area (Å²) in [4.78, 5) is 0. The average molecular weight is 457 g/mol.